The number of pyridine rings is 1. The van der Waals surface area contributed by atoms with E-state index in [4.69, 9.17) is 0 Å². The van der Waals surface area contributed by atoms with E-state index in [-0.39, 0.29) is 17.5 Å². The van der Waals surface area contributed by atoms with Crippen molar-refractivity contribution in [2.24, 2.45) is 0 Å². The van der Waals surface area contributed by atoms with Gasteiger partial charge in [0, 0.05) is 31.3 Å². The summed E-state index contributed by atoms with van der Waals surface area (Å²) in [5, 5.41) is 5.47. The second-order valence-corrected chi connectivity index (χ2v) is 6.39. The first kappa shape index (κ1) is 19.6. The molecule has 6 heteroatoms. The zero-order valence-corrected chi connectivity index (χ0v) is 15.6. The van der Waals surface area contributed by atoms with Crippen molar-refractivity contribution < 1.29 is 9.59 Å². The van der Waals surface area contributed by atoms with Gasteiger partial charge in [-0.05, 0) is 44.8 Å². The van der Waals surface area contributed by atoms with Crippen LogP contribution in [0.3, 0.4) is 0 Å². The molecule has 0 aliphatic heterocycles. The molecule has 0 fully saturated rings. The summed E-state index contributed by atoms with van der Waals surface area (Å²) in [6, 6.07) is 13.1. The predicted molar refractivity (Wildman–Crippen MR) is 102 cm³/mol. The Morgan fingerprint density at radius 3 is 2.46 bits per heavy atom. The minimum Gasteiger partial charge on any atom is -0.354 e. The molecule has 2 amide bonds. The van der Waals surface area contributed by atoms with Gasteiger partial charge in [0.05, 0.1) is 0 Å². The fraction of sp³-hybridized carbons (Fsp3) is 0.350. The van der Waals surface area contributed by atoms with Crippen LogP contribution in [0, 0.1) is 0 Å². The molecular formula is C20H26N4O2. The average molecular weight is 354 g/mol. The summed E-state index contributed by atoms with van der Waals surface area (Å²) in [6.45, 7) is 1.49. The van der Waals surface area contributed by atoms with Crippen molar-refractivity contribution in [3.63, 3.8) is 0 Å². The average Bonchev–Trinajstić information content (AvgIpc) is 2.64. The first-order chi connectivity index (χ1) is 12.5. The standard InChI is InChI=1S/C20H26N4O2/c1-21-20(26)18-14-16(19(25)22-10-7-11-24(2)3)13-17(23-18)12-15-8-5-4-6-9-15/h4-6,8-9,13-14H,7,10-12H2,1-3H3,(H,21,26)(H,22,25). The first-order valence-corrected chi connectivity index (χ1v) is 8.69. The quantitative estimate of drug-likeness (QED) is 0.708. The van der Waals surface area contributed by atoms with E-state index in [2.05, 4.69) is 20.5 Å². The van der Waals surface area contributed by atoms with Crippen LogP contribution in [-0.2, 0) is 6.42 Å². The molecule has 1 aromatic heterocycles. The number of hydrogen-bond donors (Lipinski definition) is 2. The molecular weight excluding hydrogens is 328 g/mol. The van der Waals surface area contributed by atoms with E-state index >= 15 is 0 Å². The molecule has 0 aliphatic carbocycles. The molecule has 138 valence electrons. The van der Waals surface area contributed by atoms with Gasteiger partial charge in [0.2, 0.25) is 0 Å². The van der Waals surface area contributed by atoms with Crippen molar-refractivity contribution in [2.75, 3.05) is 34.2 Å². The number of nitrogens with zero attached hydrogens (tertiary/aromatic N) is 2. The van der Waals surface area contributed by atoms with Gasteiger partial charge in [-0.25, -0.2) is 4.98 Å². The van der Waals surface area contributed by atoms with Gasteiger partial charge in [0.25, 0.3) is 11.8 Å². The Labute approximate surface area is 154 Å². The molecule has 2 N–H and O–H groups in total. The highest BCUT2D eigenvalue weighted by Gasteiger charge is 2.14. The van der Waals surface area contributed by atoms with E-state index in [1.54, 1.807) is 13.1 Å². The molecule has 0 saturated carbocycles. The molecule has 2 aromatic rings. The van der Waals surface area contributed by atoms with Crippen molar-refractivity contribution in [1.29, 1.82) is 0 Å². The molecule has 0 unspecified atom stereocenters. The predicted octanol–water partition coefficient (Wildman–Crippen LogP) is 1.71. The van der Waals surface area contributed by atoms with Crippen LogP contribution in [0.2, 0.25) is 0 Å². The van der Waals surface area contributed by atoms with E-state index < -0.39 is 0 Å². The van der Waals surface area contributed by atoms with Crippen LogP contribution in [-0.4, -0.2) is 55.9 Å². The maximum atomic E-state index is 12.5. The minimum atomic E-state index is -0.304. The van der Waals surface area contributed by atoms with Gasteiger partial charge in [-0.15, -0.1) is 0 Å². The zero-order chi connectivity index (χ0) is 18.9. The van der Waals surface area contributed by atoms with Gasteiger partial charge in [0.15, 0.2) is 0 Å². The van der Waals surface area contributed by atoms with Crippen LogP contribution in [0.15, 0.2) is 42.5 Å². The van der Waals surface area contributed by atoms with Gasteiger partial charge >= 0.3 is 0 Å². The molecule has 2 rings (SSSR count). The van der Waals surface area contributed by atoms with Gasteiger partial charge in [0.1, 0.15) is 5.69 Å². The van der Waals surface area contributed by atoms with Crippen molar-refractivity contribution in [3.8, 4) is 0 Å². The number of amides is 2. The lowest BCUT2D eigenvalue weighted by Gasteiger charge is -2.11. The molecule has 0 spiro atoms. The lowest BCUT2D eigenvalue weighted by atomic mass is 10.1. The summed E-state index contributed by atoms with van der Waals surface area (Å²) in [4.78, 5) is 31.0. The summed E-state index contributed by atoms with van der Waals surface area (Å²) in [5.74, 6) is -0.493. The fourth-order valence-corrected chi connectivity index (χ4v) is 2.56. The molecule has 0 saturated heterocycles. The Kier molecular flexibility index (Phi) is 7.29. The Morgan fingerprint density at radius 1 is 1.08 bits per heavy atom. The fourth-order valence-electron chi connectivity index (χ4n) is 2.56. The lowest BCUT2D eigenvalue weighted by Crippen LogP contribution is -2.28. The highest BCUT2D eigenvalue weighted by Crippen LogP contribution is 2.12. The topological polar surface area (TPSA) is 74.3 Å². The number of nitrogens with one attached hydrogen (secondary N) is 2. The van der Waals surface area contributed by atoms with Gasteiger partial charge in [-0.1, -0.05) is 30.3 Å². The Morgan fingerprint density at radius 2 is 1.81 bits per heavy atom. The largest absolute Gasteiger partial charge is 0.354 e. The van der Waals surface area contributed by atoms with Crippen LogP contribution >= 0.6 is 0 Å². The number of rotatable bonds is 8. The third-order valence-electron chi connectivity index (χ3n) is 3.90. The van der Waals surface area contributed by atoms with Gasteiger partial charge in [-0.3, -0.25) is 9.59 Å². The minimum absolute atomic E-state index is 0.189. The third-order valence-corrected chi connectivity index (χ3v) is 3.90. The molecule has 0 aliphatic rings. The van der Waals surface area contributed by atoms with Crippen molar-refractivity contribution in [2.45, 2.75) is 12.8 Å². The summed E-state index contributed by atoms with van der Waals surface area (Å²) in [7, 11) is 5.54. The second-order valence-electron chi connectivity index (χ2n) is 6.39. The van der Waals surface area contributed by atoms with Crippen LogP contribution in [0.25, 0.3) is 0 Å². The number of benzene rings is 1. The first-order valence-electron chi connectivity index (χ1n) is 8.69. The van der Waals surface area contributed by atoms with E-state index in [0.29, 0.717) is 24.2 Å². The van der Waals surface area contributed by atoms with E-state index in [1.165, 1.54) is 6.07 Å². The van der Waals surface area contributed by atoms with Crippen molar-refractivity contribution >= 4 is 11.8 Å². The lowest BCUT2D eigenvalue weighted by molar-refractivity contribution is 0.0952. The van der Waals surface area contributed by atoms with Crippen LogP contribution < -0.4 is 10.6 Å². The zero-order valence-electron chi connectivity index (χ0n) is 15.6. The van der Waals surface area contributed by atoms with Crippen molar-refractivity contribution in [3.05, 3.63) is 65.0 Å². The molecule has 6 nitrogen and oxygen atoms in total. The third kappa shape index (κ3) is 5.97. The van der Waals surface area contributed by atoms with Gasteiger partial charge < -0.3 is 15.5 Å². The molecule has 1 aromatic carbocycles. The molecule has 0 bridgehead atoms. The molecule has 0 atom stereocenters. The van der Waals surface area contributed by atoms with Crippen molar-refractivity contribution in [1.82, 2.24) is 20.5 Å². The monoisotopic (exact) mass is 354 g/mol. The Bertz CT molecular complexity index is 745. The molecule has 0 radical (unpaired) electrons. The van der Waals surface area contributed by atoms with E-state index in [9.17, 15) is 9.59 Å². The number of carbonyl (C=O) groups is 2. The second kappa shape index (κ2) is 9.68. The maximum Gasteiger partial charge on any atom is 0.269 e. The summed E-state index contributed by atoms with van der Waals surface area (Å²) in [6.07, 6.45) is 1.43. The number of aromatic nitrogens is 1. The summed E-state index contributed by atoms with van der Waals surface area (Å²) in [5.41, 5.74) is 2.47. The Hall–Kier alpha value is -2.73. The smallest absolute Gasteiger partial charge is 0.269 e. The molecule has 1 heterocycles. The van der Waals surface area contributed by atoms with Crippen LogP contribution in [0.1, 0.15) is 38.5 Å². The van der Waals surface area contributed by atoms with Crippen LogP contribution in [0.5, 0.6) is 0 Å². The molecule has 26 heavy (non-hydrogen) atoms. The van der Waals surface area contributed by atoms with E-state index in [1.807, 2.05) is 44.4 Å². The Balaban J connectivity index is 2.17. The van der Waals surface area contributed by atoms with Gasteiger partial charge in [-0.2, -0.15) is 0 Å². The normalized spacial score (nSPS) is 10.6. The number of hydrogen-bond acceptors (Lipinski definition) is 4. The number of carbonyl (C=O) groups excluding carboxylic acids is 2. The summed E-state index contributed by atoms with van der Waals surface area (Å²) >= 11 is 0. The van der Waals surface area contributed by atoms with E-state index in [0.717, 1.165) is 18.5 Å². The highest BCUT2D eigenvalue weighted by molar-refractivity contribution is 5.98. The highest BCUT2D eigenvalue weighted by atomic mass is 16.2. The maximum absolute atomic E-state index is 12.5. The van der Waals surface area contributed by atoms with Crippen LogP contribution in [0.4, 0.5) is 0 Å². The SMILES string of the molecule is CNC(=O)c1cc(C(=O)NCCCN(C)C)cc(Cc2ccccc2)n1. The summed E-state index contributed by atoms with van der Waals surface area (Å²) < 4.78 is 0.